The fraction of sp³-hybridized carbons (Fsp3) is 0.611. The molecular formula is C18H21BrO2. The summed E-state index contributed by atoms with van der Waals surface area (Å²) in [5, 5.41) is 9.91. The Bertz CT molecular complexity index is 624. The number of hydrogen-bond donors (Lipinski definition) is 1. The smallest absolute Gasteiger partial charge is 0.139 e. The molecule has 21 heavy (non-hydrogen) atoms. The Balaban J connectivity index is 1.75. The summed E-state index contributed by atoms with van der Waals surface area (Å²) in [7, 11) is 0. The van der Waals surface area contributed by atoms with Crippen LogP contribution in [0.1, 0.15) is 56.1 Å². The summed E-state index contributed by atoms with van der Waals surface area (Å²) < 4.78 is 0.803. The molecule has 4 rings (SSSR count). The van der Waals surface area contributed by atoms with Crippen molar-refractivity contribution in [1.82, 2.24) is 0 Å². The highest BCUT2D eigenvalue weighted by Crippen LogP contribution is 2.59. The van der Waals surface area contributed by atoms with Crippen LogP contribution in [0.2, 0.25) is 0 Å². The zero-order valence-electron chi connectivity index (χ0n) is 12.4. The van der Waals surface area contributed by atoms with E-state index in [1.165, 1.54) is 17.5 Å². The highest BCUT2D eigenvalue weighted by Gasteiger charge is 2.54. The second-order valence-corrected chi connectivity index (χ2v) is 8.19. The molecule has 3 aliphatic rings. The first-order valence-corrected chi connectivity index (χ1v) is 8.84. The molecule has 3 heteroatoms. The van der Waals surface area contributed by atoms with E-state index in [0.29, 0.717) is 29.3 Å². The van der Waals surface area contributed by atoms with E-state index in [1.54, 1.807) is 0 Å². The van der Waals surface area contributed by atoms with Crippen molar-refractivity contribution in [2.45, 2.75) is 51.4 Å². The highest BCUT2D eigenvalue weighted by atomic mass is 79.9. The lowest BCUT2D eigenvalue weighted by atomic mass is 9.55. The van der Waals surface area contributed by atoms with Crippen molar-refractivity contribution < 1.29 is 9.90 Å². The van der Waals surface area contributed by atoms with Crippen LogP contribution in [0.3, 0.4) is 0 Å². The molecule has 2 saturated carbocycles. The lowest BCUT2D eigenvalue weighted by molar-refractivity contribution is -0.129. The number of fused-ring (bicyclic) bond motifs is 5. The fourth-order valence-corrected chi connectivity index (χ4v) is 5.71. The van der Waals surface area contributed by atoms with Gasteiger partial charge in [-0.2, -0.15) is 0 Å². The van der Waals surface area contributed by atoms with E-state index in [4.69, 9.17) is 0 Å². The molecule has 2 nitrogen and oxygen atoms in total. The molecule has 2 fully saturated rings. The van der Waals surface area contributed by atoms with Gasteiger partial charge in [0.15, 0.2) is 0 Å². The lowest BCUT2D eigenvalue weighted by Crippen LogP contribution is -2.42. The van der Waals surface area contributed by atoms with Crippen LogP contribution in [0.5, 0.6) is 5.75 Å². The summed E-state index contributed by atoms with van der Waals surface area (Å²) in [6.07, 6.45) is 6.25. The predicted molar refractivity (Wildman–Crippen MR) is 85.4 cm³/mol. The van der Waals surface area contributed by atoms with Gasteiger partial charge in [-0.3, -0.25) is 4.79 Å². The third-order valence-corrected chi connectivity index (χ3v) is 7.14. The van der Waals surface area contributed by atoms with Gasteiger partial charge < -0.3 is 5.11 Å². The van der Waals surface area contributed by atoms with Gasteiger partial charge in [-0.25, -0.2) is 0 Å². The highest BCUT2D eigenvalue weighted by molar-refractivity contribution is 9.10. The second-order valence-electron chi connectivity index (χ2n) is 7.34. The molecule has 0 aliphatic heterocycles. The van der Waals surface area contributed by atoms with Gasteiger partial charge in [0.1, 0.15) is 11.5 Å². The lowest BCUT2D eigenvalue weighted by Gasteiger charge is -2.48. The number of ketones is 1. The molecule has 0 heterocycles. The van der Waals surface area contributed by atoms with Crippen LogP contribution in [-0.4, -0.2) is 10.9 Å². The molecular weight excluding hydrogens is 328 g/mol. The van der Waals surface area contributed by atoms with Crippen LogP contribution < -0.4 is 0 Å². The Morgan fingerprint density at radius 3 is 2.86 bits per heavy atom. The maximum Gasteiger partial charge on any atom is 0.139 e. The molecule has 112 valence electrons. The molecule has 0 radical (unpaired) electrons. The maximum absolute atomic E-state index is 12.3. The summed E-state index contributed by atoms with van der Waals surface area (Å²) in [6.45, 7) is 2.21. The van der Waals surface area contributed by atoms with Gasteiger partial charge >= 0.3 is 0 Å². The van der Waals surface area contributed by atoms with Crippen molar-refractivity contribution >= 4 is 21.7 Å². The van der Waals surface area contributed by atoms with E-state index in [0.717, 1.165) is 36.6 Å². The van der Waals surface area contributed by atoms with Gasteiger partial charge in [0.2, 0.25) is 0 Å². The minimum Gasteiger partial charge on any atom is -0.507 e. The number of aryl methyl sites for hydroxylation is 1. The molecule has 0 spiro atoms. The number of halogens is 1. The number of carbonyl (C=O) groups excluding carboxylic acids is 1. The van der Waals surface area contributed by atoms with Crippen molar-refractivity contribution in [1.29, 1.82) is 0 Å². The van der Waals surface area contributed by atoms with Gasteiger partial charge in [0.05, 0.1) is 4.47 Å². The molecule has 0 aromatic heterocycles. The van der Waals surface area contributed by atoms with Gasteiger partial charge in [-0.1, -0.05) is 6.92 Å². The minimum absolute atomic E-state index is 0.0488. The monoisotopic (exact) mass is 348 g/mol. The summed E-state index contributed by atoms with van der Waals surface area (Å²) in [5.74, 6) is 2.66. The van der Waals surface area contributed by atoms with Crippen molar-refractivity contribution in [2.75, 3.05) is 0 Å². The molecule has 4 atom stereocenters. The second kappa shape index (κ2) is 4.58. The first-order chi connectivity index (χ1) is 10.0. The standard InChI is InChI=1S/C18H21BrO2/c1-18-7-6-11-12(14(18)4-5-17(18)21)3-2-10-8-16(20)15(19)9-13(10)11/h8-9,11-12,14,20H,2-7H2,1H3/t11?,12?,14?,18-/m0/s1. The number of phenolic OH excluding ortho intramolecular Hbond substituents is 1. The predicted octanol–water partition coefficient (Wildman–Crippen LogP) is 4.58. The van der Waals surface area contributed by atoms with Crippen LogP contribution in [-0.2, 0) is 11.2 Å². The van der Waals surface area contributed by atoms with Crippen molar-refractivity contribution in [3.8, 4) is 5.75 Å². The fourth-order valence-electron chi connectivity index (χ4n) is 5.35. The van der Waals surface area contributed by atoms with Crippen molar-refractivity contribution in [3.05, 3.63) is 27.7 Å². The first kappa shape index (κ1) is 13.8. The Morgan fingerprint density at radius 2 is 2.05 bits per heavy atom. The van der Waals surface area contributed by atoms with Gasteiger partial charge in [-0.15, -0.1) is 0 Å². The van der Waals surface area contributed by atoms with E-state index in [9.17, 15) is 9.90 Å². The number of carbonyl (C=O) groups is 1. The molecule has 0 amide bonds. The third-order valence-electron chi connectivity index (χ3n) is 6.50. The summed E-state index contributed by atoms with van der Waals surface area (Å²) in [4.78, 5) is 12.3. The maximum atomic E-state index is 12.3. The number of benzene rings is 1. The first-order valence-electron chi connectivity index (χ1n) is 8.05. The number of rotatable bonds is 0. The van der Waals surface area contributed by atoms with Gasteiger partial charge in [0.25, 0.3) is 0 Å². The third kappa shape index (κ3) is 1.86. The number of aromatic hydroxyl groups is 1. The molecule has 1 aromatic rings. The molecule has 1 N–H and O–H groups in total. The Labute approximate surface area is 134 Å². The number of hydrogen-bond acceptors (Lipinski definition) is 2. The van der Waals surface area contributed by atoms with E-state index in [-0.39, 0.29) is 5.41 Å². The van der Waals surface area contributed by atoms with Crippen LogP contribution >= 0.6 is 15.9 Å². The van der Waals surface area contributed by atoms with E-state index < -0.39 is 0 Å². The quantitative estimate of drug-likeness (QED) is 0.744. The van der Waals surface area contributed by atoms with Crippen LogP contribution in [0.4, 0.5) is 0 Å². The average molecular weight is 349 g/mol. The van der Waals surface area contributed by atoms with E-state index in [2.05, 4.69) is 28.9 Å². The van der Waals surface area contributed by atoms with Crippen LogP contribution in [0.25, 0.3) is 0 Å². The topological polar surface area (TPSA) is 37.3 Å². The largest absolute Gasteiger partial charge is 0.507 e. The zero-order chi connectivity index (χ0) is 14.8. The Kier molecular flexibility index (Phi) is 3.01. The summed E-state index contributed by atoms with van der Waals surface area (Å²) in [5.41, 5.74) is 2.68. The van der Waals surface area contributed by atoms with Gasteiger partial charge in [0, 0.05) is 11.8 Å². The minimum atomic E-state index is -0.0488. The molecule has 3 aliphatic carbocycles. The summed E-state index contributed by atoms with van der Waals surface area (Å²) >= 11 is 3.46. The Hall–Kier alpha value is -0.830. The van der Waals surface area contributed by atoms with E-state index in [1.807, 2.05) is 6.07 Å². The molecule has 0 bridgehead atoms. The normalized spacial score (nSPS) is 37.8. The molecule has 3 unspecified atom stereocenters. The summed E-state index contributed by atoms with van der Waals surface area (Å²) in [6, 6.07) is 4.06. The SMILES string of the molecule is C[C@]12CCC3c4cc(Br)c(O)cc4CCC3C1CCC2=O. The zero-order valence-corrected chi connectivity index (χ0v) is 13.9. The number of Topliss-reactive ketones (excluding diaryl/α,β-unsaturated/α-hetero) is 1. The average Bonchev–Trinajstić information content (AvgIpc) is 2.76. The number of phenols is 1. The van der Waals surface area contributed by atoms with Crippen LogP contribution in [0, 0.1) is 17.3 Å². The van der Waals surface area contributed by atoms with Crippen molar-refractivity contribution in [2.24, 2.45) is 17.3 Å². The molecule has 1 aromatic carbocycles. The van der Waals surface area contributed by atoms with Crippen LogP contribution in [0.15, 0.2) is 16.6 Å². The Morgan fingerprint density at radius 1 is 1.24 bits per heavy atom. The van der Waals surface area contributed by atoms with Crippen molar-refractivity contribution in [3.63, 3.8) is 0 Å². The van der Waals surface area contributed by atoms with Gasteiger partial charge in [-0.05, 0) is 89.0 Å². The van der Waals surface area contributed by atoms with E-state index >= 15 is 0 Å². The molecule has 0 saturated heterocycles.